The van der Waals surface area contributed by atoms with Gasteiger partial charge in [-0.3, -0.25) is 9.59 Å². The second-order valence-corrected chi connectivity index (χ2v) is 6.53. The first-order valence-electron chi connectivity index (χ1n) is 7.99. The predicted molar refractivity (Wildman–Crippen MR) is 90.7 cm³/mol. The molecule has 1 aromatic heterocycles. The van der Waals surface area contributed by atoms with Crippen LogP contribution >= 0.6 is 11.6 Å². The number of benzene rings is 1. The van der Waals surface area contributed by atoms with E-state index in [0.29, 0.717) is 23.9 Å². The van der Waals surface area contributed by atoms with Crippen molar-refractivity contribution in [3.63, 3.8) is 0 Å². The van der Waals surface area contributed by atoms with Crippen LogP contribution in [0.3, 0.4) is 0 Å². The lowest BCUT2D eigenvalue weighted by Gasteiger charge is -2.32. The summed E-state index contributed by atoms with van der Waals surface area (Å²) in [4.78, 5) is 29.8. The molecule has 3 rings (SSSR count). The van der Waals surface area contributed by atoms with Crippen molar-refractivity contribution in [2.75, 3.05) is 13.1 Å². The van der Waals surface area contributed by atoms with Gasteiger partial charge in [0.1, 0.15) is 18.2 Å². The third-order valence-corrected chi connectivity index (χ3v) is 4.54. The van der Waals surface area contributed by atoms with Gasteiger partial charge in [0, 0.05) is 36.4 Å². The van der Waals surface area contributed by atoms with Crippen LogP contribution in [0.4, 0.5) is 4.39 Å². The number of piperidine rings is 1. The van der Waals surface area contributed by atoms with E-state index >= 15 is 0 Å². The summed E-state index contributed by atoms with van der Waals surface area (Å²) in [7, 11) is 0. The number of nitrogens with two attached hydrogens (primary N) is 1. The first-order valence-corrected chi connectivity index (χ1v) is 8.37. The van der Waals surface area contributed by atoms with Crippen LogP contribution in [0, 0.1) is 5.82 Å². The van der Waals surface area contributed by atoms with Gasteiger partial charge in [0.15, 0.2) is 0 Å². The molecule has 1 aliphatic rings. The van der Waals surface area contributed by atoms with E-state index in [9.17, 15) is 14.0 Å². The van der Waals surface area contributed by atoms with Crippen LogP contribution in [0.1, 0.15) is 34.9 Å². The number of hydrogen-bond donors (Lipinski definition) is 1. The molecule has 1 aliphatic heterocycles. The Hall–Kier alpha value is -2.41. The van der Waals surface area contributed by atoms with Gasteiger partial charge in [-0.05, 0) is 31.0 Å². The number of aromatic nitrogens is 2. The van der Waals surface area contributed by atoms with E-state index in [1.54, 1.807) is 21.9 Å². The van der Waals surface area contributed by atoms with Crippen molar-refractivity contribution in [2.45, 2.75) is 25.3 Å². The minimum atomic E-state index is -0.591. The Labute approximate surface area is 149 Å². The number of amides is 2. The van der Waals surface area contributed by atoms with Crippen LogP contribution in [0.2, 0.25) is 5.02 Å². The molecule has 0 radical (unpaired) electrons. The van der Waals surface area contributed by atoms with Crippen molar-refractivity contribution in [3.05, 3.63) is 52.8 Å². The second-order valence-electron chi connectivity index (χ2n) is 6.09. The molecule has 1 aromatic carbocycles. The third kappa shape index (κ3) is 3.82. The van der Waals surface area contributed by atoms with Crippen molar-refractivity contribution >= 4 is 23.4 Å². The fourth-order valence-corrected chi connectivity index (χ4v) is 3.36. The predicted octanol–water partition coefficient (Wildman–Crippen LogP) is 2.18. The Kier molecular flexibility index (Phi) is 5.03. The summed E-state index contributed by atoms with van der Waals surface area (Å²) in [5.74, 6) is -0.759. The largest absolute Gasteiger partial charge is 0.368 e. The average Bonchev–Trinajstić information content (AvgIpc) is 3.04. The highest BCUT2D eigenvalue weighted by atomic mass is 35.5. The van der Waals surface area contributed by atoms with Crippen molar-refractivity contribution in [2.24, 2.45) is 5.73 Å². The van der Waals surface area contributed by atoms with Gasteiger partial charge in [0.25, 0.3) is 5.91 Å². The number of halogens is 2. The zero-order chi connectivity index (χ0) is 18.0. The lowest BCUT2D eigenvalue weighted by molar-refractivity contribution is -0.118. The number of carbonyl (C=O) groups excluding carboxylic acids is 2. The summed E-state index contributed by atoms with van der Waals surface area (Å²) in [6.07, 6.45) is 4.90. The van der Waals surface area contributed by atoms with Crippen LogP contribution in [-0.2, 0) is 11.3 Å². The van der Waals surface area contributed by atoms with Gasteiger partial charge in [0.2, 0.25) is 5.91 Å². The molecule has 8 heteroatoms. The Morgan fingerprint density at radius 3 is 2.96 bits per heavy atom. The van der Waals surface area contributed by atoms with Crippen molar-refractivity contribution in [3.8, 4) is 0 Å². The van der Waals surface area contributed by atoms with Crippen LogP contribution in [-0.4, -0.2) is 39.4 Å². The number of hydrogen-bond acceptors (Lipinski definition) is 3. The molecule has 0 unspecified atom stereocenters. The van der Waals surface area contributed by atoms with Gasteiger partial charge in [-0.1, -0.05) is 11.6 Å². The summed E-state index contributed by atoms with van der Waals surface area (Å²) >= 11 is 5.88. The second kappa shape index (κ2) is 7.23. The molecule has 1 saturated heterocycles. The zero-order valence-corrected chi connectivity index (χ0v) is 14.2. The molecule has 6 nitrogen and oxygen atoms in total. The number of rotatable bonds is 4. The van der Waals surface area contributed by atoms with E-state index in [-0.39, 0.29) is 18.0 Å². The molecular weight excluding hydrogens is 347 g/mol. The standard InChI is InChI=1S/C17H18ClFN4O2/c18-12-3-4-14(19)13(8-12)17(25)23-6-1-2-11(9-23)16-21-5-7-22(16)10-15(20)24/h3-5,7-8,11H,1-2,6,9-10H2,(H2,20,24)/t11-/m1/s1. The molecule has 2 amide bonds. The lowest BCUT2D eigenvalue weighted by Crippen LogP contribution is -2.40. The van der Waals surface area contributed by atoms with E-state index < -0.39 is 17.6 Å². The molecule has 0 bridgehead atoms. The van der Waals surface area contributed by atoms with Crippen LogP contribution in [0.5, 0.6) is 0 Å². The SMILES string of the molecule is NC(=O)Cn1ccnc1[C@@H]1CCCN(C(=O)c2cc(Cl)ccc2F)C1. The maximum atomic E-state index is 14.0. The van der Waals surface area contributed by atoms with Crippen molar-refractivity contribution in [1.82, 2.24) is 14.5 Å². The number of nitrogens with zero attached hydrogens (tertiary/aromatic N) is 3. The maximum absolute atomic E-state index is 14.0. The Balaban J connectivity index is 1.79. The van der Waals surface area contributed by atoms with Gasteiger partial charge < -0.3 is 15.2 Å². The van der Waals surface area contributed by atoms with E-state index in [1.165, 1.54) is 18.2 Å². The molecule has 1 fully saturated rings. The smallest absolute Gasteiger partial charge is 0.256 e. The normalized spacial score (nSPS) is 17.5. The summed E-state index contributed by atoms with van der Waals surface area (Å²) < 4.78 is 15.7. The van der Waals surface area contributed by atoms with E-state index in [0.717, 1.165) is 12.8 Å². The van der Waals surface area contributed by atoms with Crippen molar-refractivity contribution < 1.29 is 14.0 Å². The number of imidazole rings is 1. The first-order chi connectivity index (χ1) is 12.0. The average molecular weight is 365 g/mol. The summed E-state index contributed by atoms with van der Waals surface area (Å²) in [5, 5.41) is 0.315. The molecule has 1 atom stereocenters. The quantitative estimate of drug-likeness (QED) is 0.902. The molecule has 0 aliphatic carbocycles. The van der Waals surface area contributed by atoms with Crippen LogP contribution in [0.25, 0.3) is 0 Å². The molecule has 2 N–H and O–H groups in total. The highest BCUT2D eigenvalue weighted by Gasteiger charge is 2.29. The molecular formula is C17H18ClFN4O2. The Bertz CT molecular complexity index is 808. The molecule has 2 aromatic rings. The first kappa shape index (κ1) is 17.4. The molecule has 0 saturated carbocycles. The summed E-state index contributed by atoms with van der Waals surface area (Å²) in [6.45, 7) is 0.987. The Morgan fingerprint density at radius 1 is 1.40 bits per heavy atom. The fraction of sp³-hybridized carbons (Fsp3) is 0.353. The van der Waals surface area contributed by atoms with Crippen LogP contribution < -0.4 is 5.73 Å². The van der Waals surface area contributed by atoms with E-state index in [4.69, 9.17) is 17.3 Å². The number of carbonyl (C=O) groups is 2. The highest BCUT2D eigenvalue weighted by Crippen LogP contribution is 2.27. The minimum Gasteiger partial charge on any atom is -0.368 e. The fourth-order valence-electron chi connectivity index (χ4n) is 3.19. The molecule has 0 spiro atoms. The monoisotopic (exact) mass is 364 g/mol. The van der Waals surface area contributed by atoms with Gasteiger partial charge in [0.05, 0.1) is 5.56 Å². The van der Waals surface area contributed by atoms with Gasteiger partial charge in [-0.15, -0.1) is 0 Å². The summed E-state index contributed by atoms with van der Waals surface area (Å²) in [5.41, 5.74) is 5.22. The number of primary amides is 1. The minimum absolute atomic E-state index is 0.0331. The highest BCUT2D eigenvalue weighted by molar-refractivity contribution is 6.31. The maximum Gasteiger partial charge on any atom is 0.256 e. The van der Waals surface area contributed by atoms with Crippen molar-refractivity contribution in [1.29, 1.82) is 0 Å². The molecule has 132 valence electrons. The van der Waals surface area contributed by atoms with E-state index in [2.05, 4.69) is 4.98 Å². The zero-order valence-electron chi connectivity index (χ0n) is 13.5. The van der Waals surface area contributed by atoms with E-state index in [1.807, 2.05) is 0 Å². The lowest BCUT2D eigenvalue weighted by atomic mass is 9.96. The molecule has 25 heavy (non-hydrogen) atoms. The molecule has 2 heterocycles. The third-order valence-electron chi connectivity index (χ3n) is 4.31. The number of likely N-dealkylation sites (tertiary alicyclic amines) is 1. The summed E-state index contributed by atoms with van der Waals surface area (Å²) in [6, 6.07) is 3.95. The van der Waals surface area contributed by atoms with Crippen LogP contribution in [0.15, 0.2) is 30.6 Å². The Morgan fingerprint density at radius 2 is 2.20 bits per heavy atom. The van der Waals surface area contributed by atoms with Gasteiger partial charge >= 0.3 is 0 Å². The van der Waals surface area contributed by atoms with Gasteiger partial charge in [-0.25, -0.2) is 9.37 Å². The topological polar surface area (TPSA) is 81.2 Å². The van der Waals surface area contributed by atoms with Gasteiger partial charge in [-0.2, -0.15) is 0 Å².